The largest absolute Gasteiger partial charge is 0.326 e. The summed E-state index contributed by atoms with van der Waals surface area (Å²) in [6.07, 6.45) is 0. The lowest BCUT2D eigenvalue weighted by Gasteiger charge is -2.06. The third kappa shape index (κ3) is 4.21. The topological polar surface area (TPSA) is 72.2 Å². The van der Waals surface area contributed by atoms with E-state index in [0.717, 1.165) is 5.56 Å². The molecule has 0 saturated heterocycles. The first-order valence-corrected chi connectivity index (χ1v) is 7.64. The lowest BCUT2D eigenvalue weighted by molar-refractivity contribution is -0.113. The van der Waals surface area contributed by atoms with Crippen LogP contribution in [0.5, 0.6) is 0 Å². The molecule has 2 aromatic rings. The smallest absolute Gasteiger partial charge is 0.237 e. The van der Waals surface area contributed by atoms with Crippen molar-refractivity contribution < 1.29 is 13.4 Å². The fourth-order valence-electron chi connectivity index (χ4n) is 1.75. The molecule has 1 amide bonds. The van der Waals surface area contributed by atoms with Gasteiger partial charge in [0.1, 0.15) is 11.6 Å². The molecular formula is C15H15FN2O2S. The molecule has 3 N–H and O–H groups in total. The molecule has 6 heteroatoms. The highest BCUT2D eigenvalue weighted by Gasteiger charge is 2.13. The van der Waals surface area contributed by atoms with Crippen LogP contribution in [-0.2, 0) is 22.1 Å². The van der Waals surface area contributed by atoms with Crippen LogP contribution in [0.2, 0.25) is 0 Å². The van der Waals surface area contributed by atoms with Crippen LogP contribution in [0, 0.1) is 5.82 Å². The quantitative estimate of drug-likeness (QED) is 0.888. The Labute approximate surface area is 124 Å². The molecule has 2 aromatic carbocycles. The Kier molecular flexibility index (Phi) is 5.19. The molecule has 0 radical (unpaired) electrons. The second-order valence-electron chi connectivity index (χ2n) is 4.37. The van der Waals surface area contributed by atoms with Crippen LogP contribution >= 0.6 is 0 Å². The standard InChI is InChI=1S/C15H15FN2O2S/c16-13-3-1-2-4-14(13)21(20)10-15(19)18-12-7-5-11(9-17)6-8-12/h1-8H,9-10,17H2,(H,18,19). The van der Waals surface area contributed by atoms with Crippen LogP contribution in [0.25, 0.3) is 0 Å². The van der Waals surface area contributed by atoms with Crippen molar-refractivity contribution in [3.63, 3.8) is 0 Å². The van der Waals surface area contributed by atoms with Crippen molar-refractivity contribution in [2.45, 2.75) is 11.4 Å². The van der Waals surface area contributed by atoms with Crippen molar-refractivity contribution >= 4 is 22.4 Å². The molecule has 0 aliphatic carbocycles. The molecule has 0 aromatic heterocycles. The molecule has 2 rings (SSSR count). The van der Waals surface area contributed by atoms with Gasteiger partial charge in [-0.3, -0.25) is 9.00 Å². The Hall–Kier alpha value is -2.05. The summed E-state index contributed by atoms with van der Waals surface area (Å²) < 4.78 is 25.4. The predicted molar refractivity (Wildman–Crippen MR) is 80.6 cm³/mol. The molecule has 0 bridgehead atoms. The van der Waals surface area contributed by atoms with Gasteiger partial charge < -0.3 is 11.1 Å². The van der Waals surface area contributed by atoms with Crippen molar-refractivity contribution in [1.82, 2.24) is 0 Å². The summed E-state index contributed by atoms with van der Waals surface area (Å²) in [5.74, 6) is -1.30. The maximum absolute atomic E-state index is 13.5. The van der Waals surface area contributed by atoms with E-state index in [2.05, 4.69) is 5.32 Å². The van der Waals surface area contributed by atoms with Gasteiger partial charge in [0, 0.05) is 12.2 Å². The van der Waals surface area contributed by atoms with E-state index in [1.807, 2.05) is 0 Å². The number of rotatable bonds is 5. The van der Waals surface area contributed by atoms with Gasteiger partial charge in [0.15, 0.2) is 0 Å². The first-order chi connectivity index (χ1) is 10.1. The van der Waals surface area contributed by atoms with Gasteiger partial charge in [0.05, 0.1) is 15.7 Å². The molecule has 110 valence electrons. The van der Waals surface area contributed by atoms with Gasteiger partial charge >= 0.3 is 0 Å². The molecule has 0 saturated carbocycles. The van der Waals surface area contributed by atoms with Gasteiger partial charge in [-0.2, -0.15) is 0 Å². The van der Waals surface area contributed by atoms with Crippen molar-refractivity contribution in [3.8, 4) is 0 Å². The average Bonchev–Trinajstić information content (AvgIpc) is 2.48. The Bertz CT molecular complexity index is 659. The van der Waals surface area contributed by atoms with Crippen LogP contribution in [0.1, 0.15) is 5.56 Å². The molecule has 0 aliphatic heterocycles. The summed E-state index contributed by atoms with van der Waals surface area (Å²) in [7, 11) is -1.71. The molecule has 4 nitrogen and oxygen atoms in total. The van der Waals surface area contributed by atoms with Gasteiger partial charge in [-0.05, 0) is 29.8 Å². The molecule has 0 spiro atoms. The summed E-state index contributed by atoms with van der Waals surface area (Å²) in [4.78, 5) is 11.8. The molecule has 0 heterocycles. The van der Waals surface area contributed by atoms with E-state index in [-0.39, 0.29) is 10.6 Å². The number of halogens is 1. The van der Waals surface area contributed by atoms with Crippen molar-refractivity contribution in [2.24, 2.45) is 5.73 Å². The zero-order valence-electron chi connectivity index (χ0n) is 11.2. The van der Waals surface area contributed by atoms with Crippen LogP contribution in [0.3, 0.4) is 0 Å². The van der Waals surface area contributed by atoms with Gasteiger partial charge in [-0.15, -0.1) is 0 Å². The highest BCUT2D eigenvalue weighted by atomic mass is 32.2. The molecule has 0 aliphatic rings. The van der Waals surface area contributed by atoms with E-state index in [4.69, 9.17) is 5.73 Å². The first kappa shape index (κ1) is 15.3. The number of nitrogens with two attached hydrogens (primary N) is 1. The monoisotopic (exact) mass is 306 g/mol. The maximum atomic E-state index is 13.5. The van der Waals surface area contributed by atoms with E-state index >= 15 is 0 Å². The van der Waals surface area contributed by atoms with E-state index in [1.54, 1.807) is 30.3 Å². The van der Waals surface area contributed by atoms with Gasteiger partial charge in [0.2, 0.25) is 5.91 Å². The minimum Gasteiger partial charge on any atom is -0.326 e. The number of carbonyl (C=O) groups is 1. The summed E-state index contributed by atoms with van der Waals surface area (Å²) >= 11 is 0. The summed E-state index contributed by atoms with van der Waals surface area (Å²) in [6, 6.07) is 12.7. The number of hydrogen-bond acceptors (Lipinski definition) is 3. The van der Waals surface area contributed by atoms with Crippen molar-refractivity contribution in [2.75, 3.05) is 11.1 Å². The zero-order valence-corrected chi connectivity index (χ0v) is 12.0. The number of hydrogen-bond donors (Lipinski definition) is 2. The molecule has 21 heavy (non-hydrogen) atoms. The van der Waals surface area contributed by atoms with Crippen LogP contribution in [-0.4, -0.2) is 15.9 Å². The predicted octanol–water partition coefficient (Wildman–Crippen LogP) is 2.03. The molecular weight excluding hydrogens is 291 g/mol. The third-order valence-electron chi connectivity index (χ3n) is 2.82. The maximum Gasteiger partial charge on any atom is 0.237 e. The Balaban J connectivity index is 1.98. The number of nitrogens with one attached hydrogen (secondary N) is 1. The summed E-state index contributed by atoms with van der Waals surface area (Å²) in [5, 5.41) is 2.62. The van der Waals surface area contributed by atoms with E-state index in [9.17, 15) is 13.4 Å². The lowest BCUT2D eigenvalue weighted by atomic mass is 10.2. The zero-order chi connectivity index (χ0) is 15.2. The third-order valence-corrected chi connectivity index (χ3v) is 4.16. The van der Waals surface area contributed by atoms with Gasteiger partial charge in [-0.25, -0.2) is 4.39 Å². The normalized spacial score (nSPS) is 11.9. The highest BCUT2D eigenvalue weighted by Crippen LogP contribution is 2.13. The number of amides is 1. The van der Waals surface area contributed by atoms with Crippen LogP contribution in [0.4, 0.5) is 10.1 Å². The number of carbonyl (C=O) groups excluding carboxylic acids is 1. The summed E-state index contributed by atoms with van der Waals surface area (Å²) in [5.41, 5.74) is 7.02. The molecule has 1 atom stereocenters. The molecule has 1 unspecified atom stereocenters. The minimum atomic E-state index is -1.71. The fraction of sp³-hybridized carbons (Fsp3) is 0.133. The minimum absolute atomic E-state index is 0.0335. The SMILES string of the molecule is NCc1ccc(NC(=O)CS(=O)c2ccccc2F)cc1. The molecule has 0 fully saturated rings. The van der Waals surface area contributed by atoms with E-state index in [1.165, 1.54) is 18.2 Å². The van der Waals surface area contributed by atoms with Gasteiger partial charge in [-0.1, -0.05) is 24.3 Å². The van der Waals surface area contributed by atoms with Crippen molar-refractivity contribution in [1.29, 1.82) is 0 Å². The second-order valence-corrected chi connectivity index (χ2v) is 5.79. The van der Waals surface area contributed by atoms with Crippen molar-refractivity contribution in [3.05, 3.63) is 59.9 Å². The fourth-order valence-corrected chi connectivity index (χ4v) is 2.73. The Morgan fingerprint density at radius 3 is 2.43 bits per heavy atom. The number of anilines is 1. The summed E-state index contributed by atoms with van der Waals surface area (Å²) in [6.45, 7) is 0.422. The van der Waals surface area contributed by atoms with E-state index in [0.29, 0.717) is 12.2 Å². The number of benzene rings is 2. The van der Waals surface area contributed by atoms with Crippen LogP contribution < -0.4 is 11.1 Å². The first-order valence-electron chi connectivity index (χ1n) is 6.32. The Morgan fingerprint density at radius 2 is 1.81 bits per heavy atom. The lowest BCUT2D eigenvalue weighted by Crippen LogP contribution is -2.20. The van der Waals surface area contributed by atoms with Crippen LogP contribution in [0.15, 0.2) is 53.4 Å². The second kappa shape index (κ2) is 7.10. The Morgan fingerprint density at radius 1 is 1.14 bits per heavy atom. The average molecular weight is 306 g/mol. The highest BCUT2D eigenvalue weighted by molar-refractivity contribution is 7.85. The van der Waals surface area contributed by atoms with E-state index < -0.39 is 22.5 Å². The van der Waals surface area contributed by atoms with Gasteiger partial charge in [0.25, 0.3) is 0 Å².